The maximum atomic E-state index is 14.1. The summed E-state index contributed by atoms with van der Waals surface area (Å²) in [5.41, 5.74) is 3.07. The van der Waals surface area contributed by atoms with E-state index in [1.807, 2.05) is 6.92 Å². The van der Waals surface area contributed by atoms with Gasteiger partial charge in [0.25, 0.3) is 0 Å². The first kappa shape index (κ1) is 31.7. The number of hydrogen-bond acceptors (Lipinski definition) is 7. The Morgan fingerprint density at radius 1 is 1.09 bits per heavy atom. The van der Waals surface area contributed by atoms with Gasteiger partial charge in [-0.05, 0) is 99.0 Å². The van der Waals surface area contributed by atoms with E-state index in [-0.39, 0.29) is 40.9 Å². The first-order chi connectivity index (χ1) is 21.7. The lowest BCUT2D eigenvalue weighted by Crippen LogP contribution is -2.45. The quantitative estimate of drug-likeness (QED) is 0.279. The number of carboxylic acids is 1. The molecule has 1 aromatic carbocycles. The van der Waals surface area contributed by atoms with Crippen LogP contribution < -0.4 is 4.90 Å². The summed E-state index contributed by atoms with van der Waals surface area (Å²) in [6.07, 6.45) is -0.382. The summed E-state index contributed by atoms with van der Waals surface area (Å²) in [6, 6.07) is 9.96. The molecule has 3 aromatic heterocycles. The fourth-order valence-electron chi connectivity index (χ4n) is 6.57. The molecule has 0 spiro atoms. The van der Waals surface area contributed by atoms with Crippen LogP contribution in [-0.4, -0.2) is 62.5 Å². The van der Waals surface area contributed by atoms with Gasteiger partial charge in [0.15, 0.2) is 5.65 Å². The van der Waals surface area contributed by atoms with Crippen molar-refractivity contribution in [3.63, 3.8) is 0 Å². The van der Waals surface area contributed by atoms with Gasteiger partial charge in [-0.3, -0.25) is 4.40 Å². The van der Waals surface area contributed by atoms with E-state index in [4.69, 9.17) is 0 Å². The van der Waals surface area contributed by atoms with Gasteiger partial charge in [0.05, 0.1) is 0 Å². The Kier molecular flexibility index (Phi) is 7.92. The molecule has 0 radical (unpaired) electrons. The van der Waals surface area contributed by atoms with Crippen LogP contribution in [-0.2, 0) is 27.5 Å². The predicted octanol–water partition coefficient (Wildman–Crippen LogP) is 5.54. The maximum absolute atomic E-state index is 14.1. The standard InChI is InChI=1S/C32H33F3N6O4S/c1-18-10-11-22(27(21(4)30(42)43)25-14-19(2)41-28(20(25)3)37-38-31(41)32(33,34)35)15-23(18)16-39-17-24-8-5-6-13-40(24)29-26(46(39,44)45)9-7-12-36-29/h7,9-12,14-15,24H,5-6,8,13,16-17H2,1-4H3,(H,42,43)/b27-21+/t24-/m0/s1. The molecule has 0 bridgehead atoms. The third-order valence-corrected chi connectivity index (χ3v) is 10.8. The molecule has 10 nitrogen and oxygen atoms in total. The molecule has 2 aliphatic heterocycles. The van der Waals surface area contributed by atoms with E-state index in [0.29, 0.717) is 33.6 Å². The molecule has 4 aromatic rings. The van der Waals surface area contributed by atoms with E-state index >= 15 is 0 Å². The molecule has 1 N–H and O–H groups in total. The average molecular weight is 655 g/mol. The Morgan fingerprint density at radius 2 is 1.85 bits per heavy atom. The summed E-state index contributed by atoms with van der Waals surface area (Å²) >= 11 is 0. The molecule has 1 fully saturated rings. The zero-order chi connectivity index (χ0) is 33.1. The summed E-state index contributed by atoms with van der Waals surface area (Å²) in [6.45, 7) is 7.37. The van der Waals surface area contributed by atoms with Crippen molar-refractivity contribution in [2.75, 3.05) is 18.0 Å². The SMILES string of the molecule is C/C(C(=O)O)=C(/c1ccc(C)c(CN2C[C@@H]3CCCCN3c3ncccc3S2(=O)=O)c1)c1cc(C)n2c(C(F)(F)F)nnc2c1C. The third kappa shape index (κ3) is 5.32. The second kappa shape index (κ2) is 11.5. The van der Waals surface area contributed by atoms with Gasteiger partial charge in [-0.15, -0.1) is 10.2 Å². The highest BCUT2D eigenvalue weighted by Crippen LogP contribution is 2.38. The summed E-state index contributed by atoms with van der Waals surface area (Å²) in [7, 11) is -3.94. The minimum atomic E-state index is -4.74. The van der Waals surface area contributed by atoms with Crippen molar-refractivity contribution in [3.8, 4) is 0 Å². The number of halogens is 3. The van der Waals surface area contributed by atoms with Crippen LogP contribution in [0.5, 0.6) is 0 Å². The molecule has 1 saturated heterocycles. The monoisotopic (exact) mass is 654 g/mol. The van der Waals surface area contributed by atoms with Crippen LogP contribution in [0.1, 0.15) is 65.5 Å². The number of fused-ring (bicyclic) bond motifs is 4. The van der Waals surface area contributed by atoms with Crippen LogP contribution >= 0.6 is 0 Å². The van der Waals surface area contributed by atoms with Crippen molar-refractivity contribution in [1.29, 1.82) is 0 Å². The number of aryl methyl sites for hydroxylation is 3. The van der Waals surface area contributed by atoms with E-state index in [0.717, 1.165) is 35.8 Å². The van der Waals surface area contributed by atoms with Gasteiger partial charge >= 0.3 is 12.1 Å². The van der Waals surface area contributed by atoms with Crippen molar-refractivity contribution in [2.45, 2.75) is 70.6 Å². The lowest BCUT2D eigenvalue weighted by atomic mass is 9.89. The molecule has 0 amide bonds. The molecule has 2 aliphatic rings. The maximum Gasteiger partial charge on any atom is 0.452 e. The number of carboxylic acid groups (broad SMARTS) is 1. The minimum Gasteiger partial charge on any atom is -0.478 e. The molecule has 1 atom stereocenters. The highest BCUT2D eigenvalue weighted by atomic mass is 32.2. The van der Waals surface area contributed by atoms with Gasteiger partial charge in [0.1, 0.15) is 10.7 Å². The first-order valence-corrected chi connectivity index (χ1v) is 16.3. The number of hydrogen-bond donors (Lipinski definition) is 1. The van der Waals surface area contributed by atoms with Gasteiger partial charge in [0, 0.05) is 48.7 Å². The zero-order valence-electron chi connectivity index (χ0n) is 25.8. The number of benzene rings is 1. The van der Waals surface area contributed by atoms with Crippen LogP contribution in [0, 0.1) is 20.8 Å². The van der Waals surface area contributed by atoms with Crippen LogP contribution in [0.2, 0.25) is 0 Å². The second-order valence-electron chi connectivity index (χ2n) is 11.9. The van der Waals surface area contributed by atoms with E-state index in [1.165, 1.54) is 24.2 Å². The number of sulfonamides is 1. The largest absolute Gasteiger partial charge is 0.478 e. The van der Waals surface area contributed by atoms with Gasteiger partial charge < -0.3 is 10.0 Å². The van der Waals surface area contributed by atoms with Gasteiger partial charge in [-0.2, -0.15) is 17.5 Å². The summed E-state index contributed by atoms with van der Waals surface area (Å²) in [4.78, 5) is 19.1. The van der Waals surface area contributed by atoms with Crippen LogP contribution in [0.3, 0.4) is 0 Å². The number of aliphatic carboxylic acids is 1. The molecule has 14 heteroatoms. The summed E-state index contributed by atoms with van der Waals surface area (Å²) in [5, 5.41) is 17.3. The Hall–Kier alpha value is -4.30. The van der Waals surface area contributed by atoms with Crippen molar-refractivity contribution in [2.24, 2.45) is 0 Å². The van der Waals surface area contributed by atoms with Gasteiger partial charge in [0.2, 0.25) is 15.8 Å². The predicted molar refractivity (Wildman–Crippen MR) is 165 cm³/mol. The molecular weight excluding hydrogens is 621 g/mol. The smallest absolute Gasteiger partial charge is 0.452 e. The van der Waals surface area contributed by atoms with Crippen LogP contribution in [0.15, 0.2) is 53.1 Å². The number of aromatic nitrogens is 4. The van der Waals surface area contributed by atoms with Crippen LogP contribution in [0.4, 0.5) is 19.0 Å². The molecule has 0 saturated carbocycles. The Labute approximate surface area is 264 Å². The Bertz CT molecular complexity index is 2020. The van der Waals surface area contributed by atoms with Crippen molar-refractivity contribution < 1.29 is 31.5 Å². The number of alkyl halides is 3. The lowest BCUT2D eigenvalue weighted by Gasteiger charge is -2.36. The third-order valence-electron chi connectivity index (χ3n) is 8.99. The highest BCUT2D eigenvalue weighted by molar-refractivity contribution is 7.89. The Balaban J connectivity index is 1.47. The molecule has 0 aliphatic carbocycles. The molecule has 5 heterocycles. The summed E-state index contributed by atoms with van der Waals surface area (Å²) < 4.78 is 71.6. The summed E-state index contributed by atoms with van der Waals surface area (Å²) in [5.74, 6) is -1.91. The Morgan fingerprint density at radius 3 is 2.57 bits per heavy atom. The normalized spacial score (nSPS) is 18.9. The minimum absolute atomic E-state index is 0.0301. The molecule has 0 unspecified atom stereocenters. The second-order valence-corrected chi connectivity index (χ2v) is 13.8. The van der Waals surface area contributed by atoms with E-state index < -0.39 is 28.0 Å². The van der Waals surface area contributed by atoms with E-state index in [1.54, 1.807) is 43.5 Å². The number of pyridine rings is 2. The van der Waals surface area contributed by atoms with Crippen molar-refractivity contribution >= 4 is 33.0 Å². The molecule has 242 valence electrons. The zero-order valence-corrected chi connectivity index (χ0v) is 26.6. The average Bonchev–Trinajstić information content (AvgIpc) is 3.45. The van der Waals surface area contributed by atoms with E-state index in [9.17, 15) is 31.5 Å². The van der Waals surface area contributed by atoms with Crippen molar-refractivity contribution in [1.82, 2.24) is 23.9 Å². The fourth-order valence-corrected chi connectivity index (χ4v) is 8.17. The first-order valence-electron chi connectivity index (χ1n) is 14.9. The number of piperidine rings is 1. The van der Waals surface area contributed by atoms with Crippen molar-refractivity contribution in [3.05, 3.63) is 87.5 Å². The number of anilines is 1. The van der Waals surface area contributed by atoms with Crippen LogP contribution in [0.25, 0.3) is 11.2 Å². The number of carbonyl (C=O) groups is 1. The van der Waals surface area contributed by atoms with Gasteiger partial charge in [-0.1, -0.05) is 12.1 Å². The number of rotatable bonds is 5. The topological polar surface area (TPSA) is 121 Å². The number of nitrogens with zero attached hydrogens (tertiary/aromatic N) is 6. The highest BCUT2D eigenvalue weighted by Gasteiger charge is 2.40. The molecular formula is C32H33F3N6O4S. The molecule has 46 heavy (non-hydrogen) atoms. The van der Waals surface area contributed by atoms with Gasteiger partial charge in [-0.25, -0.2) is 18.2 Å². The molecule has 6 rings (SSSR count). The fraction of sp³-hybridized carbons (Fsp3) is 0.375. The lowest BCUT2D eigenvalue weighted by molar-refractivity contribution is -0.145. The van der Waals surface area contributed by atoms with E-state index in [2.05, 4.69) is 20.1 Å².